The van der Waals surface area contributed by atoms with Gasteiger partial charge in [0.15, 0.2) is 11.6 Å². The van der Waals surface area contributed by atoms with Crippen molar-refractivity contribution in [1.29, 1.82) is 0 Å². The summed E-state index contributed by atoms with van der Waals surface area (Å²) in [6.07, 6.45) is 4.39. The minimum Gasteiger partial charge on any atom is -0.493 e. The lowest BCUT2D eigenvalue weighted by Gasteiger charge is -2.30. The lowest BCUT2D eigenvalue weighted by molar-refractivity contribution is 0.355. The first kappa shape index (κ1) is 12.4. The molecule has 1 aromatic rings. The molecule has 2 nitrogen and oxygen atoms in total. The van der Waals surface area contributed by atoms with Crippen LogP contribution in [0, 0.1) is 12.7 Å². The Morgan fingerprint density at radius 2 is 2.00 bits per heavy atom. The molecular weight excluding hydrogens is 217 g/mol. The molecule has 1 aromatic carbocycles. The Kier molecular flexibility index (Phi) is 3.38. The standard InChI is InChI=1S/C14H20FNO/c1-10-5-6-11(13(17-2)12(10)15)14(9-16)7-3-4-8-14/h5-6H,3-4,7-9,16H2,1-2H3. The molecule has 0 atom stereocenters. The average Bonchev–Trinajstić information content (AvgIpc) is 2.82. The summed E-state index contributed by atoms with van der Waals surface area (Å²) < 4.78 is 19.3. The number of aryl methyl sites for hydroxylation is 1. The highest BCUT2D eigenvalue weighted by Gasteiger charge is 2.37. The van der Waals surface area contributed by atoms with Gasteiger partial charge in [0.2, 0.25) is 0 Å². The van der Waals surface area contributed by atoms with Gasteiger partial charge in [-0.05, 0) is 25.3 Å². The molecule has 0 bridgehead atoms. The number of ether oxygens (including phenoxy) is 1. The van der Waals surface area contributed by atoms with Gasteiger partial charge in [0.05, 0.1) is 7.11 Å². The number of rotatable bonds is 3. The summed E-state index contributed by atoms with van der Waals surface area (Å²) in [7, 11) is 1.53. The van der Waals surface area contributed by atoms with Gasteiger partial charge in [-0.3, -0.25) is 0 Å². The number of benzene rings is 1. The van der Waals surface area contributed by atoms with Gasteiger partial charge in [-0.25, -0.2) is 4.39 Å². The fraction of sp³-hybridized carbons (Fsp3) is 0.571. The van der Waals surface area contributed by atoms with E-state index in [1.54, 1.807) is 6.92 Å². The first-order valence-corrected chi connectivity index (χ1v) is 6.18. The van der Waals surface area contributed by atoms with E-state index >= 15 is 0 Å². The summed E-state index contributed by atoms with van der Waals surface area (Å²) in [6.45, 7) is 2.32. The molecule has 2 rings (SSSR count). The fourth-order valence-electron chi connectivity index (χ4n) is 2.91. The zero-order valence-electron chi connectivity index (χ0n) is 10.6. The van der Waals surface area contributed by atoms with E-state index in [9.17, 15) is 4.39 Å². The molecule has 0 saturated heterocycles. The van der Waals surface area contributed by atoms with Crippen LogP contribution in [0.3, 0.4) is 0 Å². The maximum Gasteiger partial charge on any atom is 0.168 e. The van der Waals surface area contributed by atoms with Crippen LogP contribution in [0.25, 0.3) is 0 Å². The molecule has 1 aliphatic carbocycles. The van der Waals surface area contributed by atoms with Crippen LogP contribution in [-0.4, -0.2) is 13.7 Å². The van der Waals surface area contributed by atoms with Crippen molar-refractivity contribution in [2.45, 2.75) is 38.0 Å². The van der Waals surface area contributed by atoms with E-state index in [4.69, 9.17) is 10.5 Å². The maximum absolute atomic E-state index is 14.1. The van der Waals surface area contributed by atoms with Crippen LogP contribution >= 0.6 is 0 Å². The van der Waals surface area contributed by atoms with E-state index in [2.05, 4.69) is 0 Å². The lowest BCUT2D eigenvalue weighted by atomic mass is 9.78. The topological polar surface area (TPSA) is 35.2 Å². The Labute approximate surface area is 102 Å². The van der Waals surface area contributed by atoms with Gasteiger partial charge in [0.1, 0.15) is 0 Å². The van der Waals surface area contributed by atoms with Gasteiger partial charge in [-0.15, -0.1) is 0 Å². The minimum absolute atomic E-state index is 0.0834. The van der Waals surface area contributed by atoms with Crippen molar-refractivity contribution in [3.63, 3.8) is 0 Å². The normalized spacial score (nSPS) is 18.4. The van der Waals surface area contributed by atoms with Gasteiger partial charge in [-0.2, -0.15) is 0 Å². The van der Waals surface area contributed by atoms with Crippen molar-refractivity contribution >= 4 is 0 Å². The third-order valence-corrected chi connectivity index (χ3v) is 4.02. The van der Waals surface area contributed by atoms with Crippen LogP contribution in [-0.2, 0) is 5.41 Å². The summed E-state index contributed by atoms with van der Waals surface area (Å²) in [5.41, 5.74) is 7.42. The molecule has 1 fully saturated rings. The average molecular weight is 237 g/mol. The van der Waals surface area contributed by atoms with Crippen molar-refractivity contribution in [3.05, 3.63) is 29.1 Å². The SMILES string of the molecule is COc1c(C2(CN)CCCC2)ccc(C)c1F. The van der Waals surface area contributed by atoms with Crippen LogP contribution < -0.4 is 10.5 Å². The second-order valence-electron chi connectivity index (χ2n) is 4.97. The molecule has 0 radical (unpaired) electrons. The van der Waals surface area contributed by atoms with Gasteiger partial charge in [0.25, 0.3) is 0 Å². The summed E-state index contributed by atoms with van der Waals surface area (Å²) >= 11 is 0. The van der Waals surface area contributed by atoms with Crippen molar-refractivity contribution in [3.8, 4) is 5.75 Å². The highest BCUT2D eigenvalue weighted by molar-refractivity contribution is 5.44. The van der Waals surface area contributed by atoms with Crippen molar-refractivity contribution in [2.24, 2.45) is 5.73 Å². The Morgan fingerprint density at radius 1 is 1.35 bits per heavy atom. The van der Waals surface area contributed by atoms with Crippen molar-refractivity contribution in [2.75, 3.05) is 13.7 Å². The Bertz CT molecular complexity index is 411. The number of halogens is 1. The molecule has 3 heteroatoms. The number of hydrogen-bond acceptors (Lipinski definition) is 2. The van der Waals surface area contributed by atoms with Gasteiger partial charge in [-0.1, -0.05) is 25.0 Å². The molecule has 0 aromatic heterocycles. The quantitative estimate of drug-likeness (QED) is 0.877. The summed E-state index contributed by atoms with van der Waals surface area (Å²) in [5, 5.41) is 0. The van der Waals surface area contributed by atoms with Gasteiger partial charge >= 0.3 is 0 Å². The second kappa shape index (κ2) is 4.65. The summed E-state index contributed by atoms with van der Waals surface area (Å²) in [6, 6.07) is 3.80. The van der Waals surface area contributed by atoms with E-state index in [1.807, 2.05) is 12.1 Å². The fourth-order valence-corrected chi connectivity index (χ4v) is 2.91. The molecule has 94 valence electrons. The van der Waals surface area contributed by atoms with Crippen LogP contribution in [0.2, 0.25) is 0 Å². The monoisotopic (exact) mass is 237 g/mol. The van der Waals surface area contributed by atoms with Crippen LogP contribution in [0.4, 0.5) is 4.39 Å². The Hall–Kier alpha value is -1.09. The molecular formula is C14H20FNO. The highest BCUT2D eigenvalue weighted by Crippen LogP contribution is 2.45. The smallest absolute Gasteiger partial charge is 0.168 e. The third kappa shape index (κ3) is 1.93. The van der Waals surface area contributed by atoms with Gasteiger partial charge in [0, 0.05) is 17.5 Å². The Morgan fingerprint density at radius 3 is 2.53 bits per heavy atom. The van der Waals surface area contributed by atoms with Crippen LogP contribution in [0.15, 0.2) is 12.1 Å². The largest absolute Gasteiger partial charge is 0.493 e. The molecule has 1 aliphatic rings. The first-order valence-electron chi connectivity index (χ1n) is 6.18. The predicted octanol–water partition coefficient (Wildman–Crippen LogP) is 2.91. The molecule has 0 amide bonds. The zero-order valence-corrected chi connectivity index (χ0v) is 10.6. The molecule has 2 N–H and O–H groups in total. The van der Waals surface area contributed by atoms with Gasteiger partial charge < -0.3 is 10.5 Å². The molecule has 1 saturated carbocycles. The van der Waals surface area contributed by atoms with E-state index < -0.39 is 0 Å². The predicted molar refractivity (Wildman–Crippen MR) is 66.9 cm³/mol. The van der Waals surface area contributed by atoms with Crippen molar-refractivity contribution in [1.82, 2.24) is 0 Å². The third-order valence-electron chi connectivity index (χ3n) is 4.02. The van der Waals surface area contributed by atoms with E-state index in [1.165, 1.54) is 7.11 Å². The van der Waals surface area contributed by atoms with Crippen molar-refractivity contribution < 1.29 is 9.13 Å². The van der Waals surface area contributed by atoms with Crippen LogP contribution in [0.1, 0.15) is 36.8 Å². The van der Waals surface area contributed by atoms with E-state index in [0.717, 1.165) is 31.2 Å². The van der Waals surface area contributed by atoms with Crippen LogP contribution in [0.5, 0.6) is 5.75 Å². The molecule has 17 heavy (non-hydrogen) atoms. The lowest BCUT2D eigenvalue weighted by Crippen LogP contribution is -2.32. The Balaban J connectivity index is 2.54. The summed E-state index contributed by atoms with van der Waals surface area (Å²) in [4.78, 5) is 0. The second-order valence-corrected chi connectivity index (χ2v) is 4.97. The number of nitrogens with two attached hydrogens (primary N) is 1. The molecule has 0 heterocycles. The number of hydrogen-bond donors (Lipinski definition) is 1. The summed E-state index contributed by atoms with van der Waals surface area (Å²) in [5.74, 6) is 0.141. The minimum atomic E-state index is -0.246. The highest BCUT2D eigenvalue weighted by atomic mass is 19.1. The van der Waals surface area contributed by atoms with E-state index in [-0.39, 0.29) is 11.2 Å². The first-order chi connectivity index (χ1) is 8.14. The molecule has 0 unspecified atom stereocenters. The van der Waals surface area contributed by atoms with E-state index in [0.29, 0.717) is 17.9 Å². The molecule has 0 spiro atoms. The zero-order chi connectivity index (χ0) is 12.5. The number of methoxy groups -OCH3 is 1. The maximum atomic E-state index is 14.1. The molecule has 0 aliphatic heterocycles.